The van der Waals surface area contributed by atoms with Gasteiger partial charge in [0.25, 0.3) is 0 Å². The Labute approximate surface area is 115 Å². The quantitative estimate of drug-likeness (QED) is 0.792. The highest BCUT2D eigenvalue weighted by atomic mass is 79.9. The van der Waals surface area contributed by atoms with Crippen LogP contribution in [0.15, 0.2) is 22.7 Å². The van der Waals surface area contributed by atoms with E-state index in [1.54, 1.807) is 0 Å². The Morgan fingerprint density at radius 2 is 1.78 bits per heavy atom. The molecule has 104 valence electrons. The highest BCUT2D eigenvalue weighted by Crippen LogP contribution is 2.34. The Bertz CT molecular complexity index is 396. The molecule has 0 amide bonds. The van der Waals surface area contributed by atoms with E-state index >= 15 is 0 Å². The number of halogens is 7. The van der Waals surface area contributed by atoms with E-state index in [9.17, 15) is 22.0 Å². The molecule has 0 radical (unpaired) electrons. The summed E-state index contributed by atoms with van der Waals surface area (Å²) < 4.78 is 61.8. The maximum atomic E-state index is 12.4. The van der Waals surface area contributed by atoms with Crippen LogP contribution in [0.5, 0.6) is 0 Å². The van der Waals surface area contributed by atoms with Crippen molar-refractivity contribution in [3.8, 4) is 0 Å². The molecule has 0 saturated heterocycles. The van der Waals surface area contributed by atoms with Crippen LogP contribution in [0, 0.1) is 0 Å². The lowest BCUT2D eigenvalue weighted by molar-refractivity contribution is -0.137. The van der Waals surface area contributed by atoms with Crippen molar-refractivity contribution in [2.75, 3.05) is 0 Å². The first-order chi connectivity index (χ1) is 7.71. The van der Waals surface area contributed by atoms with Gasteiger partial charge in [0.05, 0.1) is 5.56 Å². The molecule has 0 fully saturated rings. The van der Waals surface area contributed by atoms with Gasteiger partial charge in [0, 0.05) is 16.9 Å². The fourth-order valence-electron chi connectivity index (χ4n) is 1.32. The maximum absolute atomic E-state index is 12.4. The Hall–Kier alpha value is -0.400. The van der Waals surface area contributed by atoms with Crippen molar-refractivity contribution in [1.29, 1.82) is 0 Å². The van der Waals surface area contributed by atoms with Crippen LogP contribution in [0.25, 0.3) is 0 Å². The molecule has 8 heteroatoms. The largest absolute Gasteiger partial charge is 0.416 e. The lowest BCUT2D eigenvalue weighted by Gasteiger charge is -2.16. The molecule has 0 aliphatic heterocycles. The number of nitrogens with two attached hydrogens (primary N) is 1. The second-order valence-electron chi connectivity index (χ2n) is 3.47. The molecule has 1 aromatic carbocycles. The van der Waals surface area contributed by atoms with Crippen LogP contribution in [0.4, 0.5) is 22.0 Å². The number of hydrogen-bond acceptors (Lipinski definition) is 1. The second-order valence-corrected chi connectivity index (χ2v) is 4.32. The normalized spacial score (nSPS) is 13.3. The lowest BCUT2D eigenvalue weighted by Crippen LogP contribution is -2.16. The zero-order chi connectivity index (χ0) is 13.2. The van der Waals surface area contributed by atoms with E-state index in [0.717, 1.165) is 18.2 Å². The molecule has 2 N–H and O–H groups in total. The minimum Gasteiger partial charge on any atom is -0.324 e. The minimum absolute atomic E-state index is 0. The molecular formula is C10H10BrClF5N. The third kappa shape index (κ3) is 4.70. The molecule has 0 saturated carbocycles. The van der Waals surface area contributed by atoms with Gasteiger partial charge in [-0.2, -0.15) is 13.2 Å². The first kappa shape index (κ1) is 17.6. The van der Waals surface area contributed by atoms with Gasteiger partial charge < -0.3 is 5.73 Å². The molecule has 0 aliphatic carbocycles. The van der Waals surface area contributed by atoms with Gasteiger partial charge in [-0.1, -0.05) is 15.9 Å². The zero-order valence-corrected chi connectivity index (χ0v) is 11.2. The molecule has 0 unspecified atom stereocenters. The van der Waals surface area contributed by atoms with Crippen molar-refractivity contribution in [3.63, 3.8) is 0 Å². The monoisotopic (exact) mass is 353 g/mol. The van der Waals surface area contributed by atoms with Gasteiger partial charge >= 0.3 is 6.18 Å². The molecule has 0 aliphatic rings. The van der Waals surface area contributed by atoms with E-state index in [0.29, 0.717) is 4.47 Å². The Kier molecular flexibility index (Phi) is 6.53. The summed E-state index contributed by atoms with van der Waals surface area (Å²) in [5.41, 5.74) is 4.56. The predicted octanol–water partition coefficient (Wildman–Crippen LogP) is 4.54. The summed E-state index contributed by atoms with van der Waals surface area (Å²) in [6.45, 7) is 0. The molecule has 18 heavy (non-hydrogen) atoms. The van der Waals surface area contributed by atoms with Crippen LogP contribution in [-0.4, -0.2) is 6.43 Å². The van der Waals surface area contributed by atoms with Crippen molar-refractivity contribution in [1.82, 2.24) is 0 Å². The van der Waals surface area contributed by atoms with Crippen molar-refractivity contribution in [2.24, 2.45) is 5.73 Å². The average molecular weight is 355 g/mol. The van der Waals surface area contributed by atoms with E-state index in [-0.39, 0.29) is 18.0 Å². The van der Waals surface area contributed by atoms with Gasteiger partial charge in [-0.25, -0.2) is 8.78 Å². The van der Waals surface area contributed by atoms with Gasteiger partial charge in [-0.05, 0) is 23.8 Å². The second kappa shape index (κ2) is 6.68. The van der Waals surface area contributed by atoms with Gasteiger partial charge in [0.2, 0.25) is 6.43 Å². The molecule has 1 rings (SSSR count). The number of alkyl halides is 5. The fraction of sp³-hybridized carbons (Fsp3) is 0.400. The summed E-state index contributed by atoms with van der Waals surface area (Å²) in [6, 6.07) is 1.68. The topological polar surface area (TPSA) is 26.0 Å². The molecule has 1 nitrogen and oxygen atoms in total. The Morgan fingerprint density at radius 3 is 2.22 bits per heavy atom. The van der Waals surface area contributed by atoms with Crippen LogP contribution in [0.3, 0.4) is 0 Å². The molecule has 0 bridgehead atoms. The first-order valence-electron chi connectivity index (χ1n) is 4.62. The fourth-order valence-corrected chi connectivity index (χ4v) is 1.86. The molecular weight excluding hydrogens is 344 g/mol. The van der Waals surface area contributed by atoms with Gasteiger partial charge in [-0.15, -0.1) is 12.4 Å². The summed E-state index contributed by atoms with van der Waals surface area (Å²) in [5.74, 6) is 0. The Morgan fingerprint density at radius 1 is 1.22 bits per heavy atom. The number of benzene rings is 1. The van der Waals surface area contributed by atoms with E-state index in [4.69, 9.17) is 5.73 Å². The van der Waals surface area contributed by atoms with Crippen LogP contribution >= 0.6 is 28.3 Å². The highest BCUT2D eigenvalue weighted by molar-refractivity contribution is 9.10. The van der Waals surface area contributed by atoms with Crippen molar-refractivity contribution in [2.45, 2.75) is 25.1 Å². The third-order valence-electron chi connectivity index (χ3n) is 2.15. The Balaban J connectivity index is 0.00000289. The van der Waals surface area contributed by atoms with Crippen molar-refractivity contribution in [3.05, 3.63) is 33.8 Å². The average Bonchev–Trinajstić information content (AvgIpc) is 2.15. The summed E-state index contributed by atoms with van der Waals surface area (Å²) in [4.78, 5) is 0. The third-order valence-corrected chi connectivity index (χ3v) is 2.88. The van der Waals surface area contributed by atoms with Crippen LogP contribution in [-0.2, 0) is 6.18 Å². The predicted molar refractivity (Wildman–Crippen MR) is 63.9 cm³/mol. The van der Waals surface area contributed by atoms with Crippen LogP contribution < -0.4 is 5.73 Å². The minimum atomic E-state index is -4.51. The van der Waals surface area contributed by atoms with Crippen molar-refractivity contribution >= 4 is 28.3 Å². The smallest absolute Gasteiger partial charge is 0.324 e. The summed E-state index contributed by atoms with van der Waals surface area (Å²) >= 11 is 3.00. The lowest BCUT2D eigenvalue weighted by atomic mass is 10.0. The zero-order valence-electron chi connectivity index (χ0n) is 8.85. The van der Waals surface area contributed by atoms with E-state index in [1.165, 1.54) is 0 Å². The molecule has 0 heterocycles. The van der Waals surface area contributed by atoms with Crippen LogP contribution in [0.1, 0.15) is 23.6 Å². The first-order valence-corrected chi connectivity index (χ1v) is 5.41. The highest BCUT2D eigenvalue weighted by Gasteiger charge is 2.31. The summed E-state index contributed by atoms with van der Waals surface area (Å²) in [7, 11) is 0. The van der Waals surface area contributed by atoms with E-state index in [2.05, 4.69) is 15.9 Å². The summed E-state index contributed by atoms with van der Waals surface area (Å²) in [6.07, 6.45) is -7.86. The molecule has 0 spiro atoms. The van der Waals surface area contributed by atoms with E-state index < -0.39 is 30.6 Å². The maximum Gasteiger partial charge on any atom is 0.416 e. The SMILES string of the molecule is Cl.N[C@@H](CC(F)F)c1cc(C(F)(F)F)ccc1Br. The van der Waals surface area contributed by atoms with Crippen molar-refractivity contribution < 1.29 is 22.0 Å². The van der Waals surface area contributed by atoms with Gasteiger partial charge in [0.15, 0.2) is 0 Å². The number of hydrogen-bond donors (Lipinski definition) is 1. The standard InChI is InChI=1S/C10H9BrF5N.ClH/c11-7-2-1-5(10(14,15)16)3-6(7)8(17)4-9(12)13;/h1-3,8-9H,4,17H2;1H/t8-;/m0./s1. The van der Waals surface area contributed by atoms with Gasteiger partial charge in [-0.3, -0.25) is 0 Å². The molecule has 1 aromatic rings. The van der Waals surface area contributed by atoms with Crippen LogP contribution in [0.2, 0.25) is 0 Å². The van der Waals surface area contributed by atoms with Gasteiger partial charge in [0.1, 0.15) is 0 Å². The summed E-state index contributed by atoms with van der Waals surface area (Å²) in [5, 5.41) is 0. The molecule has 0 aromatic heterocycles. The number of rotatable bonds is 3. The van der Waals surface area contributed by atoms with E-state index in [1.807, 2.05) is 0 Å². The molecule has 1 atom stereocenters.